The first-order valence-corrected chi connectivity index (χ1v) is 13.6. The number of para-hydroxylation sites is 1. The Morgan fingerprint density at radius 3 is 2.62 bits per heavy atom. The van der Waals surface area contributed by atoms with Crippen molar-refractivity contribution in [2.45, 2.75) is 57.3 Å². The summed E-state index contributed by atoms with van der Waals surface area (Å²) in [4.78, 5) is 26.3. The molecule has 2 aromatic rings. The molecule has 0 spiro atoms. The van der Waals surface area contributed by atoms with Crippen molar-refractivity contribution in [2.24, 2.45) is 5.92 Å². The Bertz CT molecular complexity index is 1170. The fraction of sp³-hybridized carbons (Fsp3) is 0.464. The molecule has 2 aliphatic rings. The molecule has 0 saturated heterocycles. The molecule has 210 valence electrons. The highest BCUT2D eigenvalue weighted by Crippen LogP contribution is 2.30. The number of thiocarbonyl (C=S) groups is 1. The molecule has 4 N–H and O–H groups in total. The predicted octanol–water partition coefficient (Wildman–Crippen LogP) is 3.97. The molecular weight excluding hydrogens is 525 g/mol. The quantitative estimate of drug-likeness (QED) is 0.283. The average molecular weight is 560 g/mol. The number of carbonyl (C=O) groups is 2. The van der Waals surface area contributed by atoms with Crippen LogP contribution >= 0.6 is 12.2 Å². The SMILES string of the molecule is O=C(Nc1ccc2c(c1)CCN(C(=S)OC1CCC(CC(=O)OC[C@@H](O)CO)CC1)C2)Nc1ccccc1F. The van der Waals surface area contributed by atoms with E-state index in [0.29, 0.717) is 30.4 Å². The third-order valence-corrected chi connectivity index (χ3v) is 7.38. The minimum absolute atomic E-state index is 0.00178. The molecule has 1 atom stereocenters. The molecule has 39 heavy (non-hydrogen) atoms. The Labute approximate surface area is 232 Å². The number of hydrogen-bond donors (Lipinski definition) is 4. The van der Waals surface area contributed by atoms with Crippen LogP contribution < -0.4 is 10.6 Å². The summed E-state index contributed by atoms with van der Waals surface area (Å²) in [6, 6.07) is 11.2. The highest BCUT2D eigenvalue weighted by molar-refractivity contribution is 7.80. The van der Waals surface area contributed by atoms with Gasteiger partial charge >= 0.3 is 12.0 Å². The van der Waals surface area contributed by atoms with Crippen molar-refractivity contribution in [3.05, 3.63) is 59.4 Å². The lowest BCUT2D eigenvalue weighted by atomic mass is 9.85. The van der Waals surface area contributed by atoms with Gasteiger partial charge < -0.3 is 35.2 Å². The monoisotopic (exact) mass is 559 g/mol. The van der Waals surface area contributed by atoms with Gasteiger partial charge in [0.1, 0.15) is 24.6 Å². The van der Waals surface area contributed by atoms with Crippen LogP contribution in [0.3, 0.4) is 0 Å². The van der Waals surface area contributed by atoms with Gasteiger partial charge in [0.15, 0.2) is 0 Å². The Hall–Kier alpha value is -3.28. The summed E-state index contributed by atoms with van der Waals surface area (Å²) in [5.41, 5.74) is 2.95. The molecule has 0 bridgehead atoms. The van der Waals surface area contributed by atoms with E-state index >= 15 is 0 Å². The number of nitrogens with zero attached hydrogens (tertiary/aromatic N) is 1. The Morgan fingerprint density at radius 1 is 1.10 bits per heavy atom. The largest absolute Gasteiger partial charge is 0.468 e. The van der Waals surface area contributed by atoms with Crippen molar-refractivity contribution < 1.29 is 33.7 Å². The third-order valence-electron chi connectivity index (χ3n) is 7.02. The number of carbonyl (C=O) groups excluding carboxylic acids is 2. The van der Waals surface area contributed by atoms with Crippen LogP contribution in [0.1, 0.15) is 43.2 Å². The number of halogens is 1. The fourth-order valence-electron chi connectivity index (χ4n) is 4.84. The van der Waals surface area contributed by atoms with Crippen LogP contribution in [0.5, 0.6) is 0 Å². The van der Waals surface area contributed by atoms with Crippen LogP contribution in [0.4, 0.5) is 20.6 Å². The number of hydrogen-bond acceptors (Lipinski definition) is 7. The Morgan fingerprint density at radius 2 is 1.87 bits per heavy atom. The summed E-state index contributed by atoms with van der Waals surface area (Å²) < 4.78 is 24.9. The molecule has 1 fully saturated rings. The molecule has 2 amide bonds. The number of urea groups is 1. The van der Waals surface area contributed by atoms with E-state index in [1.165, 1.54) is 12.1 Å². The molecule has 4 rings (SSSR count). The molecule has 9 nitrogen and oxygen atoms in total. The summed E-state index contributed by atoms with van der Waals surface area (Å²) in [6.45, 7) is 0.672. The lowest BCUT2D eigenvalue weighted by Crippen LogP contribution is -2.38. The van der Waals surface area contributed by atoms with Gasteiger partial charge in [-0.3, -0.25) is 4.79 Å². The van der Waals surface area contributed by atoms with E-state index < -0.39 is 24.6 Å². The summed E-state index contributed by atoms with van der Waals surface area (Å²) >= 11 is 5.60. The number of aliphatic hydroxyl groups excluding tert-OH is 2. The van der Waals surface area contributed by atoms with Gasteiger partial charge in [0, 0.05) is 25.2 Å². The van der Waals surface area contributed by atoms with Gasteiger partial charge in [-0.05, 0) is 85.6 Å². The van der Waals surface area contributed by atoms with E-state index in [0.717, 1.165) is 43.2 Å². The lowest BCUT2D eigenvalue weighted by Gasteiger charge is -2.34. The first-order chi connectivity index (χ1) is 18.8. The molecule has 1 aliphatic carbocycles. The number of benzene rings is 2. The summed E-state index contributed by atoms with van der Waals surface area (Å²) in [6.07, 6.45) is 3.24. The predicted molar refractivity (Wildman–Crippen MR) is 148 cm³/mol. The number of ether oxygens (including phenoxy) is 2. The summed E-state index contributed by atoms with van der Waals surface area (Å²) in [5.74, 6) is -0.657. The van der Waals surface area contributed by atoms with Crippen LogP contribution in [0, 0.1) is 11.7 Å². The van der Waals surface area contributed by atoms with Crippen LogP contribution in [-0.2, 0) is 27.2 Å². The smallest absolute Gasteiger partial charge is 0.323 e. The molecule has 0 aromatic heterocycles. The van der Waals surface area contributed by atoms with Gasteiger partial charge in [-0.25, -0.2) is 9.18 Å². The van der Waals surface area contributed by atoms with Crippen molar-refractivity contribution in [2.75, 3.05) is 30.4 Å². The van der Waals surface area contributed by atoms with E-state index in [1.54, 1.807) is 12.1 Å². The maximum absolute atomic E-state index is 13.8. The van der Waals surface area contributed by atoms with E-state index in [1.807, 2.05) is 23.1 Å². The molecule has 0 unspecified atom stereocenters. The number of aliphatic hydroxyl groups is 2. The van der Waals surface area contributed by atoms with Crippen molar-refractivity contribution in [3.63, 3.8) is 0 Å². The van der Waals surface area contributed by atoms with Crippen LogP contribution in [0.15, 0.2) is 42.5 Å². The van der Waals surface area contributed by atoms with Crippen LogP contribution in [-0.4, -0.2) is 64.3 Å². The van der Waals surface area contributed by atoms with Gasteiger partial charge in [-0.15, -0.1) is 0 Å². The zero-order valence-corrected chi connectivity index (χ0v) is 22.4. The Kier molecular flexibility index (Phi) is 10.1. The minimum Gasteiger partial charge on any atom is -0.468 e. The van der Waals surface area contributed by atoms with Gasteiger partial charge in [-0.1, -0.05) is 18.2 Å². The molecule has 1 saturated carbocycles. The van der Waals surface area contributed by atoms with Gasteiger partial charge in [0.05, 0.1) is 12.3 Å². The number of fused-ring (bicyclic) bond motifs is 1. The highest BCUT2D eigenvalue weighted by atomic mass is 32.1. The van der Waals surface area contributed by atoms with Crippen molar-refractivity contribution in [1.29, 1.82) is 0 Å². The number of amides is 2. The number of esters is 1. The average Bonchev–Trinajstić information content (AvgIpc) is 2.93. The van der Waals surface area contributed by atoms with Gasteiger partial charge in [-0.2, -0.15) is 0 Å². The maximum atomic E-state index is 13.8. The molecular formula is C28H34FN3O6S. The second-order valence-corrected chi connectivity index (χ2v) is 10.3. The second-order valence-electron chi connectivity index (χ2n) is 9.96. The molecule has 11 heteroatoms. The zero-order chi connectivity index (χ0) is 27.8. The van der Waals surface area contributed by atoms with E-state index in [9.17, 15) is 19.1 Å². The maximum Gasteiger partial charge on any atom is 0.323 e. The minimum atomic E-state index is -1.04. The van der Waals surface area contributed by atoms with Crippen molar-refractivity contribution in [1.82, 2.24) is 4.90 Å². The second kappa shape index (κ2) is 13.7. The summed E-state index contributed by atoms with van der Waals surface area (Å²) in [7, 11) is 0. The first-order valence-electron chi connectivity index (χ1n) is 13.1. The van der Waals surface area contributed by atoms with E-state index in [4.69, 9.17) is 26.8 Å². The highest BCUT2D eigenvalue weighted by Gasteiger charge is 2.27. The summed E-state index contributed by atoms with van der Waals surface area (Å²) in [5, 5.41) is 23.8. The van der Waals surface area contributed by atoms with Crippen LogP contribution in [0.2, 0.25) is 0 Å². The van der Waals surface area contributed by atoms with Crippen LogP contribution in [0.25, 0.3) is 0 Å². The standard InChI is InChI=1S/C28H34FN3O6S/c29-24-3-1-2-4-25(24)31-27(36)30-21-8-7-20-15-32(12-11-19(20)14-21)28(39)38-23-9-5-18(6-10-23)13-26(35)37-17-22(34)16-33/h1-4,7-8,14,18,22-23,33-34H,5-6,9-13,15-17H2,(H2,30,31,36)/t18?,22-,23?/m0/s1. The molecule has 1 aliphatic heterocycles. The number of nitrogens with one attached hydrogen (secondary N) is 2. The van der Waals surface area contributed by atoms with E-state index in [2.05, 4.69) is 10.6 Å². The molecule has 1 heterocycles. The Balaban J connectivity index is 1.20. The van der Waals surface area contributed by atoms with Gasteiger partial charge in [0.25, 0.3) is 5.17 Å². The zero-order valence-electron chi connectivity index (χ0n) is 21.6. The number of anilines is 2. The topological polar surface area (TPSA) is 120 Å². The molecule has 2 aromatic carbocycles. The van der Waals surface area contributed by atoms with Crippen molar-refractivity contribution in [3.8, 4) is 0 Å². The van der Waals surface area contributed by atoms with Gasteiger partial charge in [0.2, 0.25) is 0 Å². The molecule has 0 radical (unpaired) electrons. The van der Waals surface area contributed by atoms with E-state index in [-0.39, 0.29) is 30.3 Å². The third kappa shape index (κ3) is 8.35. The number of rotatable bonds is 8. The normalized spacial score (nSPS) is 19.4. The van der Waals surface area contributed by atoms with Crippen molar-refractivity contribution >= 4 is 40.8 Å². The lowest BCUT2D eigenvalue weighted by molar-refractivity contribution is -0.148. The first kappa shape index (κ1) is 28.7. The fourth-order valence-corrected chi connectivity index (χ4v) is 5.13.